The van der Waals surface area contributed by atoms with Crippen molar-refractivity contribution in [2.24, 2.45) is 14.1 Å². The van der Waals surface area contributed by atoms with Crippen LogP contribution >= 0.6 is 11.6 Å². The van der Waals surface area contributed by atoms with Crippen LogP contribution in [-0.2, 0) is 73.7 Å². The van der Waals surface area contributed by atoms with Crippen LogP contribution in [0.4, 0.5) is 0 Å². The summed E-state index contributed by atoms with van der Waals surface area (Å²) >= 11 is 7.07. The topological polar surface area (TPSA) is 125 Å². The van der Waals surface area contributed by atoms with Crippen LogP contribution in [0.1, 0.15) is 64.2 Å². The van der Waals surface area contributed by atoms with Gasteiger partial charge in [0.2, 0.25) is 0 Å². The normalized spacial score (nSPS) is 12.6. The number of ether oxygens (including phenoxy) is 2. The minimum absolute atomic E-state index is 0.256. The Balaban J connectivity index is 1.14. The van der Waals surface area contributed by atoms with E-state index in [4.69, 9.17) is 31.3 Å². The lowest BCUT2D eigenvalue weighted by atomic mass is 9.97. The molecule has 2 N–H and O–H groups in total. The second-order valence-electron chi connectivity index (χ2n) is 13.4. The lowest BCUT2D eigenvalue weighted by Crippen LogP contribution is -2.15. The highest BCUT2D eigenvalue weighted by Crippen LogP contribution is 2.43. The van der Waals surface area contributed by atoms with Gasteiger partial charge in [0.15, 0.2) is 0 Å². The third kappa shape index (κ3) is 6.78. The first-order chi connectivity index (χ1) is 25.1. The third-order valence-corrected chi connectivity index (χ3v) is 10.3. The van der Waals surface area contributed by atoms with Crippen molar-refractivity contribution in [3.8, 4) is 16.9 Å². The SMILES string of the molecule is COC(=O)c1c(CCCOC(C)=O)c2ccc(Cl)c(-c3c(CNCc4cc(CCc5cc(O)c6ccccc6c5)n(C)n4)nn4c3CCC4)c2n1C. The van der Waals surface area contributed by atoms with E-state index in [0.29, 0.717) is 42.4 Å². The fourth-order valence-corrected chi connectivity index (χ4v) is 7.93. The minimum Gasteiger partial charge on any atom is -0.507 e. The van der Waals surface area contributed by atoms with Gasteiger partial charge in [-0.15, -0.1) is 0 Å². The minimum atomic E-state index is -0.435. The number of nitrogens with one attached hydrogen (secondary N) is 1. The molecule has 0 radical (unpaired) electrons. The average molecular weight is 723 g/mol. The molecule has 1 aliphatic rings. The molecule has 0 atom stereocenters. The number of nitrogens with zero attached hydrogens (tertiary/aromatic N) is 5. The fourth-order valence-electron chi connectivity index (χ4n) is 7.68. The van der Waals surface area contributed by atoms with Gasteiger partial charge in [-0.3, -0.25) is 14.2 Å². The number of aryl methyl sites for hydroxylation is 6. The second kappa shape index (κ2) is 14.8. The molecular weight excluding hydrogens is 680 g/mol. The zero-order chi connectivity index (χ0) is 36.5. The van der Waals surface area contributed by atoms with E-state index in [2.05, 4.69) is 22.1 Å². The maximum atomic E-state index is 13.2. The largest absolute Gasteiger partial charge is 0.507 e. The molecule has 6 aromatic rings. The van der Waals surface area contributed by atoms with Gasteiger partial charge in [0.05, 0.1) is 35.6 Å². The molecule has 0 unspecified atom stereocenters. The van der Waals surface area contributed by atoms with Crippen LogP contribution in [0, 0.1) is 0 Å². The molecule has 270 valence electrons. The maximum absolute atomic E-state index is 13.2. The van der Waals surface area contributed by atoms with Crippen LogP contribution in [0.25, 0.3) is 32.8 Å². The van der Waals surface area contributed by atoms with E-state index in [-0.39, 0.29) is 12.6 Å². The van der Waals surface area contributed by atoms with Gasteiger partial charge in [0.25, 0.3) is 0 Å². The van der Waals surface area contributed by atoms with E-state index < -0.39 is 5.97 Å². The number of esters is 2. The van der Waals surface area contributed by atoms with Gasteiger partial charge in [-0.1, -0.05) is 48.0 Å². The van der Waals surface area contributed by atoms with Crippen LogP contribution in [0.5, 0.6) is 5.75 Å². The number of phenols is 1. The Morgan fingerprint density at radius 3 is 2.62 bits per heavy atom. The first kappa shape index (κ1) is 35.3. The average Bonchev–Trinajstić information content (AvgIpc) is 3.88. The van der Waals surface area contributed by atoms with Crippen molar-refractivity contribution in [1.29, 1.82) is 0 Å². The van der Waals surface area contributed by atoms with Crippen LogP contribution in [0.2, 0.25) is 5.02 Å². The van der Waals surface area contributed by atoms with Gasteiger partial charge in [0, 0.05) is 73.9 Å². The van der Waals surface area contributed by atoms with E-state index in [1.807, 2.05) is 65.8 Å². The molecule has 0 bridgehead atoms. The number of carbonyl (C=O) groups excluding carboxylic acids is 2. The summed E-state index contributed by atoms with van der Waals surface area (Å²) in [4.78, 5) is 24.6. The first-order valence-corrected chi connectivity index (χ1v) is 18.1. The molecular formula is C40H43ClN6O5. The fraction of sp³-hybridized carbons (Fsp3) is 0.350. The summed E-state index contributed by atoms with van der Waals surface area (Å²) in [6.07, 6.45) is 4.52. The van der Waals surface area contributed by atoms with Gasteiger partial charge in [-0.25, -0.2) is 4.79 Å². The summed E-state index contributed by atoms with van der Waals surface area (Å²) in [5.41, 5.74) is 9.09. The lowest BCUT2D eigenvalue weighted by Gasteiger charge is -2.12. The van der Waals surface area contributed by atoms with Gasteiger partial charge in [-0.2, -0.15) is 10.2 Å². The van der Waals surface area contributed by atoms with E-state index in [0.717, 1.165) is 98.9 Å². The first-order valence-electron chi connectivity index (χ1n) is 17.7. The molecule has 1 aliphatic heterocycles. The monoisotopic (exact) mass is 722 g/mol. The summed E-state index contributed by atoms with van der Waals surface area (Å²) < 4.78 is 16.3. The molecule has 0 saturated heterocycles. The molecule has 11 nitrogen and oxygen atoms in total. The van der Waals surface area contributed by atoms with Crippen molar-refractivity contribution in [2.45, 2.75) is 65.1 Å². The van der Waals surface area contributed by atoms with Crippen molar-refractivity contribution in [3.05, 3.63) is 99.2 Å². The number of carbonyl (C=O) groups is 2. The molecule has 7 rings (SSSR count). The van der Waals surface area contributed by atoms with Gasteiger partial charge in [-0.05, 0) is 73.2 Å². The Kier molecular flexibility index (Phi) is 10.1. The Bertz CT molecular complexity index is 2320. The Labute approximate surface area is 307 Å². The standard InChI is InChI=1S/C40H43ClN6O5/c1-24(48)52-18-8-11-30-31-15-16-32(41)36(38(31)45(2)39(30)40(50)51-4)37-33(44-47-17-7-12-34(37)47)23-42-22-27-21-28(46(3)43-27)14-13-25-19-26-9-5-6-10-29(26)35(49)20-25/h5-6,9-10,15-16,19-21,42,49H,7-8,11-14,17-18,22-23H2,1-4H3. The van der Waals surface area contributed by atoms with E-state index >= 15 is 0 Å². The predicted octanol–water partition coefficient (Wildman–Crippen LogP) is 6.59. The van der Waals surface area contributed by atoms with E-state index in [9.17, 15) is 14.7 Å². The van der Waals surface area contributed by atoms with Crippen molar-refractivity contribution >= 4 is 45.2 Å². The number of phenolic OH excluding ortho intramolecular Hbond substituents is 1. The number of aromatic hydroxyl groups is 1. The number of hydrogen-bond acceptors (Lipinski definition) is 8. The smallest absolute Gasteiger partial charge is 0.354 e. The van der Waals surface area contributed by atoms with Crippen LogP contribution in [-0.4, -0.2) is 54.9 Å². The highest BCUT2D eigenvalue weighted by molar-refractivity contribution is 6.35. The Hall–Kier alpha value is -5.13. The number of hydrogen-bond donors (Lipinski definition) is 2. The highest BCUT2D eigenvalue weighted by atomic mass is 35.5. The summed E-state index contributed by atoms with van der Waals surface area (Å²) in [5, 5.41) is 27.3. The summed E-state index contributed by atoms with van der Waals surface area (Å²) in [5.74, 6) is -0.466. The molecule has 4 heterocycles. The van der Waals surface area contributed by atoms with Crippen LogP contribution in [0.3, 0.4) is 0 Å². The Morgan fingerprint density at radius 2 is 1.81 bits per heavy atom. The molecule has 12 heteroatoms. The molecule has 0 fully saturated rings. The molecule has 52 heavy (non-hydrogen) atoms. The summed E-state index contributed by atoms with van der Waals surface area (Å²) in [7, 11) is 5.21. The number of halogens is 1. The quantitative estimate of drug-likeness (QED) is 0.101. The third-order valence-electron chi connectivity index (χ3n) is 10.0. The molecule has 3 aromatic heterocycles. The van der Waals surface area contributed by atoms with Crippen LogP contribution < -0.4 is 5.32 Å². The van der Waals surface area contributed by atoms with Crippen molar-refractivity contribution in [2.75, 3.05) is 13.7 Å². The van der Waals surface area contributed by atoms with E-state index in [1.54, 1.807) is 0 Å². The maximum Gasteiger partial charge on any atom is 0.354 e. The summed E-state index contributed by atoms with van der Waals surface area (Å²) in [6, 6.07) is 17.8. The van der Waals surface area contributed by atoms with Crippen molar-refractivity contribution in [1.82, 2.24) is 29.4 Å². The van der Waals surface area contributed by atoms with Gasteiger partial charge < -0.3 is 24.5 Å². The number of fused-ring (bicyclic) bond motifs is 3. The van der Waals surface area contributed by atoms with Crippen molar-refractivity contribution < 1.29 is 24.2 Å². The highest BCUT2D eigenvalue weighted by Gasteiger charge is 2.30. The number of rotatable bonds is 13. The van der Waals surface area contributed by atoms with E-state index in [1.165, 1.54) is 14.0 Å². The number of methoxy groups -OCH3 is 1. The van der Waals surface area contributed by atoms with Gasteiger partial charge >= 0.3 is 11.9 Å². The van der Waals surface area contributed by atoms with Crippen LogP contribution in [0.15, 0.2) is 54.6 Å². The predicted molar refractivity (Wildman–Crippen MR) is 201 cm³/mol. The molecule has 0 aliphatic carbocycles. The molecule has 0 saturated carbocycles. The molecule has 0 amide bonds. The van der Waals surface area contributed by atoms with Crippen molar-refractivity contribution in [3.63, 3.8) is 0 Å². The molecule has 3 aromatic carbocycles. The van der Waals surface area contributed by atoms with Gasteiger partial charge in [0.1, 0.15) is 11.4 Å². The Morgan fingerprint density at radius 1 is 0.981 bits per heavy atom. The summed E-state index contributed by atoms with van der Waals surface area (Å²) in [6.45, 7) is 3.52. The zero-order valence-corrected chi connectivity index (χ0v) is 30.7. The second-order valence-corrected chi connectivity index (χ2v) is 13.8. The molecule has 0 spiro atoms. The number of aromatic nitrogens is 5. The zero-order valence-electron chi connectivity index (χ0n) is 30.0. The number of benzene rings is 3. The lowest BCUT2D eigenvalue weighted by molar-refractivity contribution is -0.141.